The van der Waals surface area contributed by atoms with Gasteiger partial charge in [-0.05, 0) is 63.6 Å². The molecule has 3 atom stereocenters. The first-order valence-electron chi connectivity index (χ1n) is 15.3. The van der Waals surface area contributed by atoms with E-state index >= 15 is 4.39 Å². The van der Waals surface area contributed by atoms with Crippen molar-refractivity contribution >= 4 is 49.1 Å². The summed E-state index contributed by atoms with van der Waals surface area (Å²) in [5.41, 5.74) is 2.62. The Morgan fingerprint density at radius 2 is 2.02 bits per heavy atom. The molecule has 2 aliphatic rings. The van der Waals surface area contributed by atoms with Gasteiger partial charge in [-0.3, -0.25) is 4.79 Å². The molecule has 1 amide bonds. The predicted molar refractivity (Wildman–Crippen MR) is 174 cm³/mol. The van der Waals surface area contributed by atoms with E-state index in [0.29, 0.717) is 24.3 Å². The van der Waals surface area contributed by atoms with E-state index in [1.807, 2.05) is 20.0 Å². The number of carbonyl (C=O) groups excluding carboxylic acids is 1. The Hall–Kier alpha value is -4.55. The zero-order valence-corrected chi connectivity index (χ0v) is 27.2. The van der Waals surface area contributed by atoms with Crippen LogP contribution in [0.2, 0.25) is 0 Å². The number of likely N-dealkylation sites (tertiary alicyclic amines) is 2. The Labute approximate surface area is 277 Å². The third kappa shape index (κ3) is 5.56. The van der Waals surface area contributed by atoms with Crippen molar-refractivity contribution in [3.05, 3.63) is 53.6 Å². The number of fused-ring (bicyclic) bond motifs is 2. The van der Waals surface area contributed by atoms with Crippen molar-refractivity contribution < 1.29 is 31.5 Å². The summed E-state index contributed by atoms with van der Waals surface area (Å²) in [5.74, 6) is -2.46. The zero-order chi connectivity index (χ0) is 34.7. The van der Waals surface area contributed by atoms with Crippen LogP contribution in [0.15, 0.2) is 30.9 Å². The van der Waals surface area contributed by atoms with Crippen LogP contribution in [0.3, 0.4) is 0 Å². The number of nitrogen functional groups attached to an aromatic ring is 1. The number of hydrogen-bond acceptors (Lipinski definition) is 9. The molecule has 0 saturated carbocycles. The van der Waals surface area contributed by atoms with Gasteiger partial charge in [-0.2, -0.15) is 28.4 Å². The molecule has 0 spiro atoms. The van der Waals surface area contributed by atoms with Crippen LogP contribution in [0.4, 0.5) is 32.8 Å². The number of rotatable bonds is 7. The van der Waals surface area contributed by atoms with Gasteiger partial charge in [-0.1, -0.05) is 12.6 Å². The highest BCUT2D eigenvalue weighted by Crippen LogP contribution is 2.48. The van der Waals surface area contributed by atoms with Crippen molar-refractivity contribution in [3.63, 3.8) is 0 Å². The van der Waals surface area contributed by atoms with Gasteiger partial charge in [0, 0.05) is 42.0 Å². The van der Waals surface area contributed by atoms with E-state index in [2.05, 4.69) is 21.4 Å². The first-order chi connectivity index (χ1) is 22.8. The molecule has 2 fully saturated rings. The number of nitrogens with zero attached hydrogens (tertiary/aromatic N) is 6. The third-order valence-electron chi connectivity index (χ3n) is 9.47. The lowest BCUT2D eigenvalue weighted by Crippen LogP contribution is -2.43. The Bertz CT molecular complexity index is 1990. The fourth-order valence-electron chi connectivity index (χ4n) is 6.91. The second kappa shape index (κ2) is 12.5. The topological polar surface area (TPSA) is 112 Å². The lowest BCUT2D eigenvalue weighted by atomic mass is 9.92. The van der Waals surface area contributed by atoms with Gasteiger partial charge in [0.15, 0.2) is 5.82 Å². The summed E-state index contributed by atoms with van der Waals surface area (Å²) in [6.45, 7) is 6.77. The smallest absolute Gasteiger partial charge is 0.417 e. The minimum Gasteiger partial charge on any atom is -0.462 e. The number of nitrogens with two attached hydrogens (primary N) is 1. The van der Waals surface area contributed by atoms with Crippen molar-refractivity contribution in [2.24, 2.45) is 0 Å². The Balaban J connectivity index is 1.60. The molecule has 0 bridgehead atoms. The van der Waals surface area contributed by atoms with Crippen molar-refractivity contribution in [2.75, 3.05) is 44.4 Å². The fourth-order valence-corrected chi connectivity index (χ4v) is 7.86. The second-order valence-electron chi connectivity index (χ2n) is 12.1. The Kier molecular flexibility index (Phi) is 8.67. The van der Waals surface area contributed by atoms with E-state index in [0.717, 1.165) is 37.6 Å². The molecule has 2 saturated heterocycles. The van der Waals surface area contributed by atoms with E-state index in [1.165, 1.54) is 6.08 Å². The number of likely N-dealkylation sites (N-methyl/N-ethyl adjacent to an activating group) is 2. The minimum absolute atomic E-state index is 0.0165. The number of ether oxygens (including phenoxy) is 1. The Morgan fingerprint density at radius 1 is 1.27 bits per heavy atom. The van der Waals surface area contributed by atoms with Crippen LogP contribution in [0.5, 0.6) is 6.01 Å². The molecule has 2 aromatic heterocycles. The molecule has 0 radical (unpaired) electrons. The van der Waals surface area contributed by atoms with Crippen LogP contribution in [-0.2, 0) is 11.0 Å². The van der Waals surface area contributed by atoms with Crippen molar-refractivity contribution in [3.8, 4) is 23.2 Å². The average Bonchev–Trinajstić information content (AvgIpc) is 3.75. The molecular weight excluding hydrogens is 653 g/mol. The maximum Gasteiger partial charge on any atom is 0.417 e. The molecule has 4 heterocycles. The number of hydrogen-bond donors (Lipinski definition) is 1. The van der Waals surface area contributed by atoms with Crippen LogP contribution < -0.4 is 15.4 Å². The molecule has 3 unspecified atom stereocenters. The van der Waals surface area contributed by atoms with Crippen LogP contribution in [0, 0.1) is 23.0 Å². The summed E-state index contributed by atoms with van der Waals surface area (Å²) in [5, 5.41) is 9.23. The minimum atomic E-state index is -5.09. The standard InChI is InChI=1S/C33H32F5N7O2S/c1-5-24(46)45-12-10-23(16(45)2)44(4)31-19-13-21(33(36,37)38)26(18-8-9-22(34)29-25(18)20(14-39)30(40)48-29)27(35)28(19)41-32(42-31)47-15-17-7-6-11-43(17)3/h5,8-9,13,16-17,23H,1,6-7,10-12,15,40H2,2-4H3. The number of alkyl halides is 3. The number of carbonyl (C=O) groups is 1. The average molecular weight is 686 g/mol. The number of halogens is 5. The highest BCUT2D eigenvalue weighted by atomic mass is 32.1. The molecule has 6 rings (SSSR count). The van der Waals surface area contributed by atoms with Crippen LogP contribution in [0.25, 0.3) is 32.1 Å². The number of amides is 1. The summed E-state index contributed by atoms with van der Waals surface area (Å²) in [7, 11) is 3.56. The van der Waals surface area contributed by atoms with Crippen molar-refractivity contribution in [1.29, 1.82) is 5.26 Å². The lowest BCUT2D eigenvalue weighted by Gasteiger charge is -2.32. The monoisotopic (exact) mass is 685 g/mol. The highest BCUT2D eigenvalue weighted by molar-refractivity contribution is 7.23. The third-order valence-corrected chi connectivity index (χ3v) is 10.5. The molecule has 2 aromatic carbocycles. The van der Waals surface area contributed by atoms with Gasteiger partial charge in [-0.15, -0.1) is 11.3 Å². The van der Waals surface area contributed by atoms with Crippen LogP contribution >= 0.6 is 11.3 Å². The predicted octanol–water partition coefficient (Wildman–Crippen LogP) is 6.35. The maximum absolute atomic E-state index is 17.0. The van der Waals surface area contributed by atoms with Gasteiger partial charge >= 0.3 is 12.2 Å². The molecule has 4 aromatic rings. The molecule has 15 heteroatoms. The van der Waals surface area contributed by atoms with Gasteiger partial charge in [0.05, 0.1) is 21.9 Å². The van der Waals surface area contributed by atoms with Gasteiger partial charge < -0.3 is 25.2 Å². The Morgan fingerprint density at radius 3 is 2.67 bits per heavy atom. The molecule has 252 valence electrons. The highest BCUT2D eigenvalue weighted by Gasteiger charge is 2.40. The van der Waals surface area contributed by atoms with E-state index in [-0.39, 0.29) is 68.0 Å². The van der Waals surface area contributed by atoms with Gasteiger partial charge in [-0.25, -0.2) is 8.78 Å². The summed E-state index contributed by atoms with van der Waals surface area (Å²) < 4.78 is 82.4. The van der Waals surface area contributed by atoms with Crippen molar-refractivity contribution in [1.82, 2.24) is 19.8 Å². The lowest BCUT2D eigenvalue weighted by molar-refractivity contribution is -0.137. The number of anilines is 2. The zero-order valence-electron chi connectivity index (χ0n) is 26.4. The number of benzene rings is 2. The normalized spacial score (nSPS) is 20.1. The first kappa shape index (κ1) is 33.4. The molecule has 0 aliphatic carbocycles. The van der Waals surface area contributed by atoms with Gasteiger partial charge in [0.2, 0.25) is 5.91 Å². The number of thiophene rings is 1. The van der Waals surface area contributed by atoms with E-state index < -0.39 is 40.5 Å². The van der Waals surface area contributed by atoms with Crippen molar-refractivity contribution in [2.45, 2.75) is 50.5 Å². The summed E-state index contributed by atoms with van der Waals surface area (Å²) in [6, 6.07) is 3.55. The quantitative estimate of drug-likeness (QED) is 0.177. The van der Waals surface area contributed by atoms with E-state index in [1.54, 1.807) is 16.8 Å². The molecule has 9 nitrogen and oxygen atoms in total. The SMILES string of the molecule is C=CC(=O)N1CCC(N(C)c2nc(OCC3CCCN3C)nc3c(F)c(-c4ccc(F)c5sc(N)c(C#N)c45)c(C(F)(F)F)cc23)C1C. The molecule has 2 aliphatic heterocycles. The van der Waals surface area contributed by atoms with E-state index in [9.17, 15) is 27.6 Å². The number of aromatic nitrogens is 2. The summed E-state index contributed by atoms with van der Waals surface area (Å²) in [4.78, 5) is 26.6. The maximum atomic E-state index is 17.0. The fraction of sp³-hybridized carbons (Fsp3) is 0.394. The molecular formula is C33H32F5N7O2S. The van der Waals surface area contributed by atoms with Gasteiger partial charge in [0.1, 0.15) is 34.8 Å². The molecule has 48 heavy (non-hydrogen) atoms. The summed E-state index contributed by atoms with van der Waals surface area (Å²) in [6.07, 6.45) is -1.63. The van der Waals surface area contributed by atoms with Crippen LogP contribution in [-0.4, -0.2) is 77.6 Å². The molecule has 2 N–H and O–H groups in total. The number of nitriles is 1. The van der Waals surface area contributed by atoms with Crippen LogP contribution in [0.1, 0.15) is 37.3 Å². The van der Waals surface area contributed by atoms with Gasteiger partial charge in [0.25, 0.3) is 0 Å². The van der Waals surface area contributed by atoms with E-state index in [4.69, 9.17) is 10.5 Å². The largest absolute Gasteiger partial charge is 0.462 e. The first-order valence-corrected chi connectivity index (χ1v) is 16.1. The second-order valence-corrected chi connectivity index (χ2v) is 13.2. The summed E-state index contributed by atoms with van der Waals surface area (Å²) >= 11 is 0.693.